The summed E-state index contributed by atoms with van der Waals surface area (Å²) in [7, 11) is 0. The van der Waals surface area contributed by atoms with E-state index in [0.717, 1.165) is 0 Å². The van der Waals surface area contributed by atoms with Crippen LogP contribution in [0.3, 0.4) is 0 Å². The van der Waals surface area contributed by atoms with E-state index in [2.05, 4.69) is 5.32 Å². The molecule has 0 fully saturated rings. The first-order valence-electron chi connectivity index (χ1n) is 4.19. The summed E-state index contributed by atoms with van der Waals surface area (Å²) in [6.45, 7) is -0.421. The third-order valence-corrected chi connectivity index (χ3v) is 2.35. The molecule has 0 radical (unpaired) electrons. The SMILES string of the molecule is O=C(O)CNc1ccccc1SC(F)(F)F. The lowest BCUT2D eigenvalue weighted by atomic mass is 10.3. The van der Waals surface area contributed by atoms with Crippen molar-refractivity contribution in [2.75, 3.05) is 11.9 Å². The van der Waals surface area contributed by atoms with Gasteiger partial charge in [0.25, 0.3) is 0 Å². The number of anilines is 1. The van der Waals surface area contributed by atoms with E-state index >= 15 is 0 Å². The van der Waals surface area contributed by atoms with Crippen LogP contribution in [0.1, 0.15) is 0 Å². The standard InChI is InChI=1S/C9H8F3NO2S/c10-9(11,12)16-7-4-2-1-3-6(7)13-5-8(14)15/h1-4,13H,5H2,(H,14,15). The molecule has 0 amide bonds. The Morgan fingerprint density at radius 2 is 2.00 bits per heavy atom. The number of hydrogen-bond donors (Lipinski definition) is 2. The van der Waals surface area contributed by atoms with Gasteiger partial charge >= 0.3 is 11.5 Å². The summed E-state index contributed by atoms with van der Waals surface area (Å²) in [4.78, 5) is 10.2. The van der Waals surface area contributed by atoms with Gasteiger partial charge in [-0.3, -0.25) is 4.79 Å². The number of carboxylic acid groups (broad SMARTS) is 1. The predicted molar refractivity (Wildman–Crippen MR) is 54.5 cm³/mol. The molecule has 0 aliphatic rings. The average molecular weight is 251 g/mol. The summed E-state index contributed by atoms with van der Waals surface area (Å²) in [5, 5.41) is 10.8. The second kappa shape index (κ2) is 5.11. The average Bonchev–Trinajstić information content (AvgIpc) is 2.14. The first-order chi connectivity index (χ1) is 7.38. The number of rotatable bonds is 4. The Balaban J connectivity index is 2.79. The molecule has 0 spiro atoms. The van der Waals surface area contributed by atoms with Crippen LogP contribution >= 0.6 is 11.8 Å². The molecule has 0 atom stereocenters. The maximum atomic E-state index is 12.1. The van der Waals surface area contributed by atoms with Crippen LogP contribution in [0.4, 0.5) is 18.9 Å². The Labute approximate surface area is 93.7 Å². The van der Waals surface area contributed by atoms with Crippen LogP contribution < -0.4 is 5.32 Å². The number of para-hydroxylation sites is 1. The third kappa shape index (κ3) is 4.43. The number of benzene rings is 1. The van der Waals surface area contributed by atoms with Crippen LogP contribution in [0.25, 0.3) is 0 Å². The summed E-state index contributed by atoms with van der Waals surface area (Å²) in [5.41, 5.74) is -4.23. The Morgan fingerprint density at radius 1 is 1.38 bits per heavy atom. The van der Waals surface area contributed by atoms with Crippen molar-refractivity contribution in [3.63, 3.8) is 0 Å². The summed E-state index contributed by atoms with van der Waals surface area (Å²) in [5.74, 6) is -1.13. The highest BCUT2D eigenvalue weighted by Gasteiger charge is 2.30. The molecule has 0 heterocycles. The van der Waals surface area contributed by atoms with Crippen LogP contribution in [-0.2, 0) is 4.79 Å². The van der Waals surface area contributed by atoms with Crippen molar-refractivity contribution in [3.05, 3.63) is 24.3 Å². The van der Waals surface area contributed by atoms with E-state index in [1.165, 1.54) is 24.3 Å². The van der Waals surface area contributed by atoms with Crippen molar-refractivity contribution in [2.24, 2.45) is 0 Å². The van der Waals surface area contributed by atoms with Crippen molar-refractivity contribution in [3.8, 4) is 0 Å². The molecule has 0 unspecified atom stereocenters. The van der Waals surface area contributed by atoms with E-state index in [1.807, 2.05) is 0 Å². The largest absolute Gasteiger partial charge is 0.480 e. The zero-order valence-corrected chi connectivity index (χ0v) is 8.73. The number of aliphatic carboxylic acids is 1. The number of thioether (sulfide) groups is 1. The Hall–Kier alpha value is -1.37. The molecule has 1 aromatic carbocycles. The summed E-state index contributed by atoms with van der Waals surface area (Å²) < 4.78 is 36.4. The molecular formula is C9H8F3NO2S. The van der Waals surface area contributed by atoms with Crippen LogP contribution in [0, 0.1) is 0 Å². The number of carboxylic acids is 1. The van der Waals surface area contributed by atoms with E-state index in [-0.39, 0.29) is 22.3 Å². The van der Waals surface area contributed by atoms with E-state index in [1.54, 1.807) is 0 Å². The van der Waals surface area contributed by atoms with Gasteiger partial charge in [-0.15, -0.1) is 0 Å². The molecule has 1 rings (SSSR count). The molecule has 0 saturated carbocycles. The zero-order chi connectivity index (χ0) is 12.2. The molecule has 7 heteroatoms. The van der Waals surface area contributed by atoms with Crippen molar-refractivity contribution in [1.82, 2.24) is 0 Å². The fourth-order valence-corrected chi connectivity index (χ4v) is 1.64. The number of nitrogens with one attached hydrogen (secondary N) is 1. The third-order valence-electron chi connectivity index (χ3n) is 1.54. The van der Waals surface area contributed by atoms with E-state index < -0.39 is 18.0 Å². The lowest BCUT2D eigenvalue weighted by molar-refractivity contribution is -0.134. The molecule has 0 aliphatic carbocycles. The summed E-state index contributed by atoms with van der Waals surface area (Å²) >= 11 is -0.276. The van der Waals surface area contributed by atoms with Crippen molar-refractivity contribution < 1.29 is 23.1 Å². The number of halogens is 3. The van der Waals surface area contributed by atoms with E-state index in [0.29, 0.717) is 0 Å². The van der Waals surface area contributed by atoms with Crippen molar-refractivity contribution in [2.45, 2.75) is 10.4 Å². The highest BCUT2D eigenvalue weighted by Crippen LogP contribution is 2.40. The van der Waals surface area contributed by atoms with Gasteiger partial charge in [0.1, 0.15) is 6.54 Å². The molecule has 0 saturated heterocycles. The first kappa shape index (κ1) is 12.7. The highest BCUT2D eigenvalue weighted by molar-refractivity contribution is 8.00. The Kier molecular flexibility index (Phi) is 4.05. The van der Waals surface area contributed by atoms with Gasteiger partial charge < -0.3 is 10.4 Å². The van der Waals surface area contributed by atoms with Crippen LogP contribution in [0.15, 0.2) is 29.2 Å². The zero-order valence-electron chi connectivity index (χ0n) is 7.91. The molecule has 0 aromatic heterocycles. The van der Waals surface area contributed by atoms with Crippen LogP contribution in [0.5, 0.6) is 0 Å². The molecule has 2 N–H and O–H groups in total. The smallest absolute Gasteiger partial charge is 0.446 e. The Morgan fingerprint density at radius 3 is 2.56 bits per heavy atom. The minimum atomic E-state index is -4.39. The maximum Gasteiger partial charge on any atom is 0.446 e. The molecule has 0 aliphatic heterocycles. The van der Waals surface area contributed by atoms with Gasteiger partial charge in [0, 0.05) is 10.6 Å². The quantitative estimate of drug-likeness (QED) is 0.808. The fraction of sp³-hybridized carbons (Fsp3) is 0.222. The molecule has 3 nitrogen and oxygen atoms in total. The Bertz CT molecular complexity index is 381. The van der Waals surface area contributed by atoms with Crippen molar-refractivity contribution >= 4 is 23.4 Å². The maximum absolute atomic E-state index is 12.1. The second-order valence-electron chi connectivity index (χ2n) is 2.79. The lowest BCUT2D eigenvalue weighted by Gasteiger charge is -2.11. The van der Waals surface area contributed by atoms with Gasteiger partial charge in [0.05, 0.1) is 0 Å². The van der Waals surface area contributed by atoms with Gasteiger partial charge in [-0.1, -0.05) is 12.1 Å². The first-order valence-corrected chi connectivity index (χ1v) is 5.00. The lowest BCUT2D eigenvalue weighted by Crippen LogP contribution is -2.13. The van der Waals surface area contributed by atoms with Gasteiger partial charge in [-0.25, -0.2) is 0 Å². The topological polar surface area (TPSA) is 49.3 Å². The number of hydrogen-bond acceptors (Lipinski definition) is 3. The van der Waals surface area contributed by atoms with Crippen LogP contribution in [0.2, 0.25) is 0 Å². The minimum absolute atomic E-state index is 0.0451. The van der Waals surface area contributed by atoms with Gasteiger partial charge in [0.2, 0.25) is 0 Å². The minimum Gasteiger partial charge on any atom is -0.480 e. The molecular weight excluding hydrogens is 243 g/mol. The fourth-order valence-electron chi connectivity index (χ4n) is 0.997. The second-order valence-corrected chi connectivity index (χ2v) is 3.90. The van der Waals surface area contributed by atoms with E-state index in [4.69, 9.17) is 5.11 Å². The molecule has 0 bridgehead atoms. The number of carbonyl (C=O) groups is 1. The summed E-state index contributed by atoms with van der Waals surface area (Å²) in [6, 6.07) is 5.67. The highest BCUT2D eigenvalue weighted by atomic mass is 32.2. The van der Waals surface area contributed by atoms with Crippen LogP contribution in [-0.4, -0.2) is 23.1 Å². The monoisotopic (exact) mass is 251 g/mol. The van der Waals surface area contributed by atoms with Crippen molar-refractivity contribution in [1.29, 1.82) is 0 Å². The van der Waals surface area contributed by atoms with E-state index in [9.17, 15) is 18.0 Å². The van der Waals surface area contributed by atoms with Gasteiger partial charge in [0.15, 0.2) is 0 Å². The summed E-state index contributed by atoms with van der Waals surface area (Å²) in [6.07, 6.45) is 0. The van der Waals surface area contributed by atoms with Gasteiger partial charge in [-0.05, 0) is 23.9 Å². The molecule has 1 aromatic rings. The molecule has 16 heavy (non-hydrogen) atoms. The van der Waals surface area contributed by atoms with Gasteiger partial charge in [-0.2, -0.15) is 13.2 Å². The number of alkyl halides is 3. The predicted octanol–water partition coefficient (Wildman–Crippen LogP) is 2.80. The molecule has 88 valence electrons. The normalized spacial score (nSPS) is 11.2.